The first-order chi connectivity index (χ1) is 11.7. The Hall–Kier alpha value is -1.43. The van der Waals surface area contributed by atoms with Gasteiger partial charge in [0.05, 0.1) is 6.04 Å². The number of nitrogens with zero attached hydrogens (tertiary/aromatic N) is 1. The van der Waals surface area contributed by atoms with Crippen molar-refractivity contribution in [3.63, 3.8) is 0 Å². The molecule has 1 unspecified atom stereocenters. The van der Waals surface area contributed by atoms with Gasteiger partial charge in [0.1, 0.15) is 0 Å². The lowest BCUT2D eigenvalue weighted by Gasteiger charge is -2.36. The molecule has 0 bridgehead atoms. The van der Waals surface area contributed by atoms with E-state index in [1.54, 1.807) is 28.7 Å². The Morgan fingerprint density at radius 3 is 2.71 bits per heavy atom. The Labute approximate surface area is 152 Å². The lowest BCUT2D eigenvalue weighted by Crippen LogP contribution is -2.41. The van der Waals surface area contributed by atoms with Crippen molar-refractivity contribution in [2.24, 2.45) is 5.92 Å². The van der Waals surface area contributed by atoms with E-state index in [0.717, 1.165) is 23.9 Å². The van der Waals surface area contributed by atoms with Gasteiger partial charge in [0.15, 0.2) is 0 Å². The molecular formula is C19H24N2OS2. The van der Waals surface area contributed by atoms with Gasteiger partial charge in [0, 0.05) is 22.4 Å². The number of likely N-dealkylation sites (tertiary alicyclic amines) is 1. The molecule has 24 heavy (non-hydrogen) atoms. The zero-order valence-corrected chi connectivity index (χ0v) is 15.6. The van der Waals surface area contributed by atoms with E-state index in [-0.39, 0.29) is 11.9 Å². The van der Waals surface area contributed by atoms with Gasteiger partial charge >= 0.3 is 0 Å². The van der Waals surface area contributed by atoms with E-state index in [1.165, 1.54) is 17.7 Å². The number of hydrogen-bond acceptors (Lipinski definition) is 4. The Balaban J connectivity index is 1.59. The van der Waals surface area contributed by atoms with Crippen LogP contribution in [-0.2, 0) is 4.79 Å². The second-order valence-electron chi connectivity index (χ2n) is 6.34. The van der Waals surface area contributed by atoms with Crippen LogP contribution in [0.5, 0.6) is 0 Å². The van der Waals surface area contributed by atoms with Crippen LogP contribution < -0.4 is 5.32 Å². The van der Waals surface area contributed by atoms with Gasteiger partial charge in [-0.05, 0) is 60.8 Å². The molecule has 1 atom stereocenters. The number of piperidine rings is 1. The SMILES string of the molecule is CC1CCN(C(CNC(=O)C=Cc2cccs2)c2cccs2)CC1. The number of amides is 1. The van der Waals surface area contributed by atoms with Gasteiger partial charge in [0.25, 0.3) is 0 Å². The summed E-state index contributed by atoms with van der Waals surface area (Å²) in [4.78, 5) is 17.1. The van der Waals surface area contributed by atoms with Gasteiger partial charge in [-0.15, -0.1) is 22.7 Å². The summed E-state index contributed by atoms with van der Waals surface area (Å²) in [5.41, 5.74) is 0. The normalized spacial score (nSPS) is 18.0. The molecule has 1 aliphatic heterocycles. The minimum Gasteiger partial charge on any atom is -0.351 e. The summed E-state index contributed by atoms with van der Waals surface area (Å²) in [7, 11) is 0. The molecule has 3 heterocycles. The Morgan fingerprint density at radius 2 is 2.04 bits per heavy atom. The van der Waals surface area contributed by atoms with Crippen LogP contribution in [0.15, 0.2) is 41.1 Å². The van der Waals surface area contributed by atoms with E-state index in [0.29, 0.717) is 6.54 Å². The summed E-state index contributed by atoms with van der Waals surface area (Å²) < 4.78 is 0. The molecule has 0 spiro atoms. The third-order valence-electron chi connectivity index (χ3n) is 4.54. The van der Waals surface area contributed by atoms with Gasteiger partial charge in [0.2, 0.25) is 5.91 Å². The average Bonchev–Trinajstić information content (AvgIpc) is 3.28. The first-order valence-electron chi connectivity index (χ1n) is 8.49. The van der Waals surface area contributed by atoms with Gasteiger partial charge in [-0.1, -0.05) is 19.1 Å². The fourth-order valence-corrected chi connectivity index (χ4v) is 4.51. The summed E-state index contributed by atoms with van der Waals surface area (Å²) in [5.74, 6) is 0.795. The maximum Gasteiger partial charge on any atom is 0.244 e. The first-order valence-corrected chi connectivity index (χ1v) is 10.2. The predicted molar refractivity (Wildman–Crippen MR) is 103 cm³/mol. The first kappa shape index (κ1) is 17.4. The van der Waals surface area contributed by atoms with Crippen LogP contribution in [0.1, 0.15) is 35.6 Å². The highest BCUT2D eigenvalue weighted by Crippen LogP contribution is 2.29. The maximum atomic E-state index is 12.1. The second kappa shape index (κ2) is 8.60. The third kappa shape index (κ3) is 4.79. The lowest BCUT2D eigenvalue weighted by molar-refractivity contribution is -0.116. The molecule has 0 aromatic carbocycles. The zero-order chi connectivity index (χ0) is 16.8. The van der Waals surface area contributed by atoms with E-state index in [2.05, 4.69) is 34.7 Å². The van der Waals surface area contributed by atoms with Crippen molar-refractivity contribution in [2.75, 3.05) is 19.6 Å². The quantitative estimate of drug-likeness (QED) is 0.774. The summed E-state index contributed by atoms with van der Waals surface area (Å²) in [6.45, 7) is 5.23. The van der Waals surface area contributed by atoms with Gasteiger partial charge in [-0.3, -0.25) is 9.69 Å². The van der Waals surface area contributed by atoms with Crippen LogP contribution in [0.2, 0.25) is 0 Å². The van der Waals surface area contributed by atoms with Crippen molar-refractivity contribution in [1.82, 2.24) is 10.2 Å². The molecule has 0 saturated carbocycles. The Bertz CT molecular complexity index is 641. The smallest absolute Gasteiger partial charge is 0.244 e. The van der Waals surface area contributed by atoms with Crippen molar-refractivity contribution >= 4 is 34.7 Å². The van der Waals surface area contributed by atoms with Crippen molar-refractivity contribution in [3.8, 4) is 0 Å². The molecule has 1 aliphatic rings. The largest absolute Gasteiger partial charge is 0.351 e. The minimum absolute atomic E-state index is 0.0182. The van der Waals surface area contributed by atoms with Gasteiger partial charge in [-0.25, -0.2) is 0 Å². The molecule has 2 aromatic heterocycles. The highest BCUT2D eigenvalue weighted by Gasteiger charge is 2.25. The van der Waals surface area contributed by atoms with E-state index in [1.807, 2.05) is 23.6 Å². The molecule has 1 N–H and O–H groups in total. The van der Waals surface area contributed by atoms with Gasteiger partial charge in [-0.2, -0.15) is 0 Å². The van der Waals surface area contributed by atoms with Crippen LogP contribution in [0.4, 0.5) is 0 Å². The molecule has 1 amide bonds. The standard InChI is InChI=1S/C19H24N2OS2/c1-15-8-10-21(11-9-15)17(18-5-3-13-24-18)14-20-19(22)7-6-16-4-2-12-23-16/h2-7,12-13,15,17H,8-11,14H2,1H3,(H,20,22). The molecule has 1 fully saturated rings. The number of nitrogens with one attached hydrogen (secondary N) is 1. The fourth-order valence-electron chi connectivity index (χ4n) is 3.03. The van der Waals surface area contributed by atoms with Crippen molar-refractivity contribution in [1.29, 1.82) is 0 Å². The summed E-state index contributed by atoms with van der Waals surface area (Å²) in [6.07, 6.45) is 6.00. The van der Waals surface area contributed by atoms with Crippen LogP contribution in [0, 0.1) is 5.92 Å². The van der Waals surface area contributed by atoms with Crippen molar-refractivity contribution < 1.29 is 4.79 Å². The predicted octanol–water partition coefficient (Wildman–Crippen LogP) is 4.41. The molecule has 128 valence electrons. The van der Waals surface area contributed by atoms with Crippen LogP contribution in [0.25, 0.3) is 6.08 Å². The average molecular weight is 361 g/mol. The molecule has 1 saturated heterocycles. The van der Waals surface area contributed by atoms with Crippen LogP contribution in [0.3, 0.4) is 0 Å². The van der Waals surface area contributed by atoms with Crippen molar-refractivity contribution in [2.45, 2.75) is 25.8 Å². The topological polar surface area (TPSA) is 32.3 Å². The number of carbonyl (C=O) groups excluding carboxylic acids is 1. The molecule has 3 rings (SSSR count). The number of rotatable bonds is 6. The number of hydrogen-bond donors (Lipinski definition) is 1. The zero-order valence-electron chi connectivity index (χ0n) is 14.0. The van der Waals surface area contributed by atoms with E-state index in [9.17, 15) is 4.79 Å². The van der Waals surface area contributed by atoms with Crippen LogP contribution >= 0.6 is 22.7 Å². The Kier molecular flexibility index (Phi) is 6.24. The second-order valence-corrected chi connectivity index (χ2v) is 8.30. The lowest BCUT2D eigenvalue weighted by atomic mass is 9.97. The molecule has 5 heteroatoms. The molecule has 2 aromatic rings. The van der Waals surface area contributed by atoms with E-state index >= 15 is 0 Å². The molecule has 0 radical (unpaired) electrons. The molecule has 3 nitrogen and oxygen atoms in total. The van der Waals surface area contributed by atoms with E-state index in [4.69, 9.17) is 0 Å². The number of thiophene rings is 2. The maximum absolute atomic E-state index is 12.1. The summed E-state index contributed by atoms with van der Waals surface area (Å²) in [5, 5.41) is 7.22. The highest BCUT2D eigenvalue weighted by atomic mass is 32.1. The monoisotopic (exact) mass is 360 g/mol. The number of carbonyl (C=O) groups is 1. The minimum atomic E-state index is -0.0182. The summed E-state index contributed by atoms with van der Waals surface area (Å²) >= 11 is 3.42. The van der Waals surface area contributed by atoms with Gasteiger partial charge < -0.3 is 5.32 Å². The van der Waals surface area contributed by atoms with E-state index < -0.39 is 0 Å². The molecular weight excluding hydrogens is 336 g/mol. The fraction of sp³-hybridized carbons (Fsp3) is 0.421. The van der Waals surface area contributed by atoms with Crippen molar-refractivity contribution in [3.05, 3.63) is 50.9 Å². The van der Waals surface area contributed by atoms with Crippen LogP contribution in [-0.4, -0.2) is 30.4 Å². The highest BCUT2D eigenvalue weighted by molar-refractivity contribution is 7.10. The summed E-state index contributed by atoms with van der Waals surface area (Å²) in [6, 6.07) is 8.57. The molecule has 0 aliphatic carbocycles. The third-order valence-corrected chi connectivity index (χ3v) is 6.35. The Morgan fingerprint density at radius 1 is 1.29 bits per heavy atom.